The molecular weight excluding hydrogens is 230 g/mol. The van der Waals surface area contributed by atoms with Crippen molar-refractivity contribution in [1.29, 1.82) is 0 Å². The average molecular weight is 247 g/mol. The molecule has 2 heterocycles. The topological polar surface area (TPSA) is 67.6 Å². The second kappa shape index (κ2) is 4.49. The Morgan fingerprint density at radius 3 is 3.00 bits per heavy atom. The van der Waals surface area contributed by atoms with Gasteiger partial charge in [-0.1, -0.05) is 12.1 Å². The number of nitrogens with two attached hydrogens (primary N) is 1. The number of hydrogen-bond acceptors (Lipinski definition) is 3. The van der Waals surface area contributed by atoms with E-state index >= 15 is 0 Å². The molecule has 2 atom stereocenters. The van der Waals surface area contributed by atoms with Crippen LogP contribution in [0.15, 0.2) is 24.3 Å². The standard InChI is InChI=1S/C13H17N3O2/c14-13(17)16-11-4-2-1-3-10(11)15-7-12(16)9-5-6-18-8-9/h1-4,9,12,15H,5-8H2,(H2,14,17). The molecule has 3 rings (SSSR count). The monoisotopic (exact) mass is 247 g/mol. The lowest BCUT2D eigenvalue weighted by Gasteiger charge is -2.39. The lowest BCUT2D eigenvalue weighted by Crippen LogP contribution is -2.53. The van der Waals surface area contributed by atoms with Gasteiger partial charge in [0, 0.05) is 19.1 Å². The maximum Gasteiger partial charge on any atom is 0.319 e. The Labute approximate surface area is 106 Å². The fraction of sp³-hybridized carbons (Fsp3) is 0.462. The van der Waals surface area contributed by atoms with Gasteiger partial charge in [-0.05, 0) is 18.6 Å². The zero-order valence-corrected chi connectivity index (χ0v) is 10.1. The number of urea groups is 1. The van der Waals surface area contributed by atoms with Gasteiger partial charge in [-0.2, -0.15) is 0 Å². The van der Waals surface area contributed by atoms with Crippen LogP contribution in [0.5, 0.6) is 0 Å². The van der Waals surface area contributed by atoms with E-state index in [0.29, 0.717) is 12.5 Å². The Bertz CT molecular complexity index is 457. The van der Waals surface area contributed by atoms with E-state index in [1.807, 2.05) is 24.3 Å². The minimum absolute atomic E-state index is 0.0832. The first kappa shape index (κ1) is 11.3. The number of hydrogen-bond donors (Lipinski definition) is 2. The summed E-state index contributed by atoms with van der Waals surface area (Å²) in [6, 6.07) is 7.45. The van der Waals surface area contributed by atoms with E-state index in [1.54, 1.807) is 4.90 Å². The molecule has 2 aliphatic heterocycles. The van der Waals surface area contributed by atoms with Crippen LogP contribution in [-0.2, 0) is 4.74 Å². The van der Waals surface area contributed by atoms with Crippen LogP contribution in [0, 0.1) is 5.92 Å². The van der Waals surface area contributed by atoms with E-state index in [1.165, 1.54) is 0 Å². The Morgan fingerprint density at radius 2 is 2.28 bits per heavy atom. The highest BCUT2D eigenvalue weighted by atomic mass is 16.5. The number of carbonyl (C=O) groups excluding carboxylic acids is 1. The number of primary amides is 1. The second-order valence-corrected chi connectivity index (χ2v) is 4.80. The van der Waals surface area contributed by atoms with Gasteiger partial charge in [0.15, 0.2) is 0 Å². The number of fused-ring (bicyclic) bond motifs is 1. The summed E-state index contributed by atoms with van der Waals surface area (Å²) in [5.41, 5.74) is 7.39. The summed E-state index contributed by atoms with van der Waals surface area (Å²) in [5, 5.41) is 3.37. The lowest BCUT2D eigenvalue weighted by atomic mass is 9.95. The number of amides is 2. The number of nitrogens with one attached hydrogen (secondary N) is 1. The number of anilines is 2. The van der Waals surface area contributed by atoms with Crippen LogP contribution in [-0.4, -0.2) is 31.8 Å². The molecule has 0 aliphatic carbocycles. The van der Waals surface area contributed by atoms with Crippen molar-refractivity contribution < 1.29 is 9.53 Å². The highest BCUT2D eigenvalue weighted by molar-refractivity contribution is 5.96. The number of rotatable bonds is 1. The summed E-state index contributed by atoms with van der Waals surface area (Å²) in [4.78, 5) is 13.5. The molecule has 2 amide bonds. The van der Waals surface area contributed by atoms with Gasteiger partial charge in [0.05, 0.1) is 24.0 Å². The summed E-state index contributed by atoms with van der Waals surface area (Å²) in [7, 11) is 0. The maximum atomic E-state index is 11.8. The molecule has 1 aromatic rings. The molecule has 0 spiro atoms. The van der Waals surface area contributed by atoms with E-state index < -0.39 is 0 Å². The van der Waals surface area contributed by atoms with Gasteiger partial charge < -0.3 is 15.8 Å². The minimum atomic E-state index is -0.388. The molecule has 0 aromatic heterocycles. The van der Waals surface area contributed by atoms with Gasteiger partial charge in [-0.25, -0.2) is 4.79 Å². The largest absolute Gasteiger partial charge is 0.381 e. The third kappa shape index (κ3) is 1.80. The first-order valence-electron chi connectivity index (χ1n) is 6.26. The average Bonchev–Trinajstić information content (AvgIpc) is 2.90. The normalized spacial score (nSPS) is 26.6. The summed E-state index contributed by atoms with van der Waals surface area (Å²) >= 11 is 0. The zero-order chi connectivity index (χ0) is 12.5. The highest BCUT2D eigenvalue weighted by Gasteiger charge is 2.36. The Hall–Kier alpha value is -1.75. The van der Waals surface area contributed by atoms with E-state index in [4.69, 9.17) is 10.5 Å². The Morgan fingerprint density at radius 1 is 1.44 bits per heavy atom. The third-order valence-corrected chi connectivity index (χ3v) is 3.74. The molecule has 1 aromatic carbocycles. The van der Waals surface area contributed by atoms with Gasteiger partial charge in [0.25, 0.3) is 0 Å². The summed E-state index contributed by atoms with van der Waals surface area (Å²) in [6.45, 7) is 2.21. The van der Waals surface area contributed by atoms with Crippen molar-refractivity contribution in [2.75, 3.05) is 30.0 Å². The fourth-order valence-electron chi connectivity index (χ4n) is 2.83. The Kier molecular flexibility index (Phi) is 2.83. The molecule has 5 nitrogen and oxygen atoms in total. The van der Waals surface area contributed by atoms with Gasteiger partial charge in [-0.3, -0.25) is 4.90 Å². The number of benzene rings is 1. The van der Waals surface area contributed by atoms with Crippen LogP contribution in [0.4, 0.5) is 16.2 Å². The van der Waals surface area contributed by atoms with Crippen molar-refractivity contribution in [2.24, 2.45) is 11.7 Å². The smallest absolute Gasteiger partial charge is 0.319 e. The van der Waals surface area contributed by atoms with Gasteiger partial charge in [0.1, 0.15) is 0 Å². The van der Waals surface area contributed by atoms with Crippen LogP contribution < -0.4 is 16.0 Å². The van der Waals surface area contributed by atoms with Crippen LogP contribution in [0.25, 0.3) is 0 Å². The third-order valence-electron chi connectivity index (χ3n) is 3.74. The summed E-state index contributed by atoms with van der Waals surface area (Å²) in [5.74, 6) is 0.360. The predicted octanol–water partition coefficient (Wildman–Crippen LogP) is 1.40. The van der Waals surface area contributed by atoms with Gasteiger partial charge in [-0.15, -0.1) is 0 Å². The predicted molar refractivity (Wildman–Crippen MR) is 69.7 cm³/mol. The second-order valence-electron chi connectivity index (χ2n) is 4.80. The fourth-order valence-corrected chi connectivity index (χ4v) is 2.83. The molecule has 1 fully saturated rings. The van der Waals surface area contributed by atoms with Gasteiger partial charge >= 0.3 is 6.03 Å². The molecule has 0 radical (unpaired) electrons. The molecule has 1 saturated heterocycles. The summed E-state index contributed by atoms with van der Waals surface area (Å²) in [6.07, 6.45) is 0.984. The number of ether oxygens (including phenoxy) is 1. The summed E-state index contributed by atoms with van der Waals surface area (Å²) < 4.78 is 5.42. The van der Waals surface area contributed by atoms with Crippen molar-refractivity contribution in [1.82, 2.24) is 0 Å². The van der Waals surface area contributed by atoms with Crippen molar-refractivity contribution >= 4 is 17.4 Å². The molecule has 0 bridgehead atoms. The van der Waals surface area contributed by atoms with E-state index in [9.17, 15) is 4.79 Å². The molecule has 2 aliphatic rings. The molecule has 18 heavy (non-hydrogen) atoms. The van der Waals surface area contributed by atoms with Crippen LogP contribution >= 0.6 is 0 Å². The van der Waals surface area contributed by atoms with Crippen LogP contribution in [0.3, 0.4) is 0 Å². The Balaban J connectivity index is 1.95. The quantitative estimate of drug-likeness (QED) is 0.788. The minimum Gasteiger partial charge on any atom is -0.381 e. The van der Waals surface area contributed by atoms with Crippen molar-refractivity contribution in [2.45, 2.75) is 12.5 Å². The molecule has 0 saturated carbocycles. The molecule has 5 heteroatoms. The highest BCUT2D eigenvalue weighted by Crippen LogP contribution is 2.35. The number of para-hydroxylation sites is 2. The number of carbonyl (C=O) groups is 1. The van der Waals surface area contributed by atoms with Crippen LogP contribution in [0.1, 0.15) is 6.42 Å². The number of nitrogens with zero attached hydrogens (tertiary/aromatic N) is 1. The first-order valence-corrected chi connectivity index (χ1v) is 6.26. The van der Waals surface area contributed by atoms with E-state index in [0.717, 1.165) is 30.9 Å². The van der Waals surface area contributed by atoms with E-state index in [-0.39, 0.29) is 12.1 Å². The van der Waals surface area contributed by atoms with Crippen molar-refractivity contribution in [3.05, 3.63) is 24.3 Å². The molecular formula is C13H17N3O2. The van der Waals surface area contributed by atoms with E-state index in [2.05, 4.69) is 5.32 Å². The van der Waals surface area contributed by atoms with Crippen LogP contribution in [0.2, 0.25) is 0 Å². The maximum absolute atomic E-state index is 11.8. The molecule has 96 valence electrons. The zero-order valence-electron chi connectivity index (χ0n) is 10.1. The van der Waals surface area contributed by atoms with Crippen molar-refractivity contribution in [3.63, 3.8) is 0 Å². The van der Waals surface area contributed by atoms with Crippen molar-refractivity contribution in [3.8, 4) is 0 Å². The first-order chi connectivity index (χ1) is 8.77. The molecule has 3 N–H and O–H groups in total. The van der Waals surface area contributed by atoms with Gasteiger partial charge in [0.2, 0.25) is 0 Å². The molecule has 2 unspecified atom stereocenters. The lowest BCUT2D eigenvalue weighted by molar-refractivity contribution is 0.180. The SMILES string of the molecule is NC(=O)N1c2ccccc2NCC1C1CCOC1.